The predicted octanol–water partition coefficient (Wildman–Crippen LogP) is 5.64. The third-order valence-electron chi connectivity index (χ3n) is 4.99. The molecule has 5 nitrogen and oxygen atoms in total. The van der Waals surface area contributed by atoms with Crippen molar-refractivity contribution in [1.82, 2.24) is 19.7 Å². The molecule has 0 spiro atoms. The molecule has 0 aliphatic carbocycles. The monoisotopic (exact) mass is 462 g/mol. The Bertz CT molecular complexity index is 1210. The second-order valence-corrected chi connectivity index (χ2v) is 8.89. The molecule has 1 heterocycles. The summed E-state index contributed by atoms with van der Waals surface area (Å²) >= 11 is 8.07. The Kier molecular flexibility index (Phi) is 6.93. The van der Waals surface area contributed by atoms with Gasteiger partial charge in [-0.1, -0.05) is 78.0 Å². The molecule has 0 saturated heterocycles. The van der Waals surface area contributed by atoms with E-state index in [1.165, 1.54) is 0 Å². The fraction of sp³-hybridized carbons (Fsp3) is 0.160. The van der Waals surface area contributed by atoms with Gasteiger partial charge < -0.3 is 4.90 Å². The zero-order valence-electron chi connectivity index (χ0n) is 17.9. The van der Waals surface area contributed by atoms with Crippen molar-refractivity contribution in [2.24, 2.45) is 0 Å². The number of aromatic nitrogens is 3. The van der Waals surface area contributed by atoms with Crippen LogP contribution in [-0.4, -0.2) is 39.7 Å². The number of amides is 1. The van der Waals surface area contributed by atoms with Crippen LogP contribution in [0.25, 0.3) is 11.4 Å². The Morgan fingerprint density at radius 2 is 1.59 bits per heavy atom. The van der Waals surface area contributed by atoms with Crippen molar-refractivity contribution in [3.8, 4) is 11.4 Å². The van der Waals surface area contributed by atoms with Gasteiger partial charge in [0.2, 0.25) is 0 Å². The highest BCUT2D eigenvalue weighted by molar-refractivity contribution is 7.98. The maximum absolute atomic E-state index is 12.1. The van der Waals surface area contributed by atoms with Crippen LogP contribution in [0.5, 0.6) is 0 Å². The molecule has 0 unspecified atom stereocenters. The van der Waals surface area contributed by atoms with E-state index in [1.807, 2.05) is 66.7 Å². The molecule has 162 valence electrons. The second kappa shape index (κ2) is 10.0. The van der Waals surface area contributed by atoms with E-state index in [0.717, 1.165) is 27.7 Å². The fourth-order valence-corrected chi connectivity index (χ4v) is 4.41. The number of thioether (sulfide) groups is 1. The zero-order chi connectivity index (χ0) is 22.5. The number of hydrogen-bond donors (Lipinski definition) is 0. The van der Waals surface area contributed by atoms with Gasteiger partial charge in [-0.25, -0.2) is 0 Å². The molecule has 7 heteroatoms. The molecule has 3 aromatic carbocycles. The van der Waals surface area contributed by atoms with E-state index in [4.69, 9.17) is 11.6 Å². The lowest BCUT2D eigenvalue weighted by atomic mass is 10.1. The lowest BCUT2D eigenvalue weighted by Crippen LogP contribution is -2.21. The first-order valence-electron chi connectivity index (χ1n) is 10.2. The summed E-state index contributed by atoms with van der Waals surface area (Å²) in [6.07, 6.45) is 0. The van der Waals surface area contributed by atoms with Crippen LogP contribution in [0.2, 0.25) is 5.02 Å². The van der Waals surface area contributed by atoms with Gasteiger partial charge in [0.15, 0.2) is 11.0 Å². The smallest absolute Gasteiger partial charge is 0.253 e. The van der Waals surface area contributed by atoms with Crippen molar-refractivity contribution in [1.29, 1.82) is 0 Å². The van der Waals surface area contributed by atoms with Gasteiger partial charge in [0, 0.05) is 31.0 Å². The number of carbonyl (C=O) groups is 1. The maximum atomic E-state index is 12.1. The Balaban J connectivity index is 1.59. The third-order valence-corrected chi connectivity index (χ3v) is 6.36. The Labute approximate surface area is 197 Å². The topological polar surface area (TPSA) is 51.0 Å². The van der Waals surface area contributed by atoms with Crippen LogP contribution in [0.1, 0.15) is 21.5 Å². The summed E-state index contributed by atoms with van der Waals surface area (Å²) in [5.41, 5.74) is 3.81. The van der Waals surface area contributed by atoms with Crippen LogP contribution >= 0.6 is 23.4 Å². The molecule has 0 saturated carbocycles. The van der Waals surface area contributed by atoms with Crippen molar-refractivity contribution in [3.05, 3.63) is 101 Å². The summed E-state index contributed by atoms with van der Waals surface area (Å²) < 4.78 is 2.10. The van der Waals surface area contributed by atoms with Crippen molar-refractivity contribution in [3.63, 3.8) is 0 Å². The SMILES string of the molecule is CN(C)C(=O)c1ccc(CSc2nnc(-c3ccccc3Cl)n2Cc2ccccc2)cc1. The fourth-order valence-electron chi connectivity index (χ4n) is 3.30. The van der Waals surface area contributed by atoms with E-state index in [1.54, 1.807) is 30.8 Å². The first kappa shape index (κ1) is 22.1. The second-order valence-electron chi connectivity index (χ2n) is 7.54. The maximum Gasteiger partial charge on any atom is 0.253 e. The molecule has 0 atom stereocenters. The molecule has 4 aromatic rings. The predicted molar refractivity (Wildman–Crippen MR) is 130 cm³/mol. The Morgan fingerprint density at radius 3 is 2.28 bits per heavy atom. The molecule has 32 heavy (non-hydrogen) atoms. The number of carbonyl (C=O) groups excluding carboxylic acids is 1. The molecule has 4 rings (SSSR count). The van der Waals surface area contributed by atoms with Gasteiger partial charge >= 0.3 is 0 Å². The number of hydrogen-bond acceptors (Lipinski definition) is 4. The van der Waals surface area contributed by atoms with Crippen LogP contribution in [0.3, 0.4) is 0 Å². The molecule has 0 aliphatic heterocycles. The van der Waals surface area contributed by atoms with Crippen LogP contribution in [0.15, 0.2) is 84.0 Å². The molecule has 0 radical (unpaired) electrons. The van der Waals surface area contributed by atoms with E-state index in [2.05, 4.69) is 26.9 Å². The molecular formula is C25H23ClN4OS. The van der Waals surface area contributed by atoms with E-state index in [0.29, 0.717) is 22.9 Å². The van der Waals surface area contributed by atoms with Gasteiger partial charge in [-0.3, -0.25) is 9.36 Å². The van der Waals surface area contributed by atoms with Gasteiger partial charge in [0.05, 0.1) is 11.6 Å². The lowest BCUT2D eigenvalue weighted by Gasteiger charge is -2.12. The van der Waals surface area contributed by atoms with Crippen molar-refractivity contribution < 1.29 is 4.79 Å². The van der Waals surface area contributed by atoms with E-state index in [-0.39, 0.29) is 5.91 Å². The Morgan fingerprint density at radius 1 is 0.906 bits per heavy atom. The van der Waals surface area contributed by atoms with Gasteiger partial charge in [0.25, 0.3) is 5.91 Å². The van der Waals surface area contributed by atoms with Crippen molar-refractivity contribution >= 4 is 29.3 Å². The van der Waals surface area contributed by atoms with Crippen LogP contribution in [0.4, 0.5) is 0 Å². The minimum absolute atomic E-state index is 0.00353. The first-order valence-corrected chi connectivity index (χ1v) is 11.5. The zero-order valence-corrected chi connectivity index (χ0v) is 19.5. The highest BCUT2D eigenvalue weighted by atomic mass is 35.5. The quantitative estimate of drug-likeness (QED) is 0.333. The van der Waals surface area contributed by atoms with E-state index < -0.39 is 0 Å². The lowest BCUT2D eigenvalue weighted by molar-refractivity contribution is 0.0827. The normalized spacial score (nSPS) is 10.8. The van der Waals surface area contributed by atoms with E-state index in [9.17, 15) is 4.79 Å². The van der Waals surface area contributed by atoms with Gasteiger partial charge in [-0.15, -0.1) is 10.2 Å². The molecular weight excluding hydrogens is 440 g/mol. The number of rotatable bonds is 7. The minimum Gasteiger partial charge on any atom is -0.345 e. The minimum atomic E-state index is -0.00353. The molecule has 1 aromatic heterocycles. The van der Waals surface area contributed by atoms with Crippen LogP contribution < -0.4 is 0 Å². The summed E-state index contributed by atoms with van der Waals surface area (Å²) in [5, 5.41) is 10.4. The van der Waals surface area contributed by atoms with Crippen molar-refractivity contribution in [2.75, 3.05) is 14.1 Å². The Hall–Kier alpha value is -3.09. The standard InChI is InChI=1S/C25H23ClN4OS/c1-29(2)24(31)20-14-12-19(13-15-20)17-32-25-28-27-23(21-10-6-7-11-22(21)26)30(25)16-18-8-4-3-5-9-18/h3-15H,16-17H2,1-2H3. The molecule has 0 fully saturated rings. The molecule has 0 N–H and O–H groups in total. The summed E-state index contributed by atoms with van der Waals surface area (Å²) in [7, 11) is 3.50. The van der Waals surface area contributed by atoms with Gasteiger partial charge in [-0.05, 0) is 35.4 Å². The van der Waals surface area contributed by atoms with Crippen LogP contribution in [0, 0.1) is 0 Å². The highest BCUT2D eigenvalue weighted by Gasteiger charge is 2.17. The summed E-state index contributed by atoms with van der Waals surface area (Å²) in [4.78, 5) is 13.7. The molecule has 1 amide bonds. The first-order chi connectivity index (χ1) is 15.5. The van der Waals surface area contributed by atoms with Gasteiger partial charge in [0.1, 0.15) is 0 Å². The van der Waals surface area contributed by atoms with E-state index >= 15 is 0 Å². The van der Waals surface area contributed by atoms with Crippen molar-refractivity contribution in [2.45, 2.75) is 17.5 Å². The third kappa shape index (κ3) is 5.03. The number of halogens is 1. The number of nitrogens with zero attached hydrogens (tertiary/aromatic N) is 4. The molecule has 0 bridgehead atoms. The largest absolute Gasteiger partial charge is 0.345 e. The summed E-state index contributed by atoms with van der Waals surface area (Å²) in [5.74, 6) is 1.45. The average Bonchev–Trinajstić information content (AvgIpc) is 3.20. The van der Waals surface area contributed by atoms with Gasteiger partial charge in [-0.2, -0.15) is 0 Å². The van der Waals surface area contributed by atoms with Crippen LogP contribution in [-0.2, 0) is 12.3 Å². The average molecular weight is 463 g/mol. The summed E-state index contributed by atoms with van der Waals surface area (Å²) in [6, 6.07) is 25.6. The number of benzene rings is 3. The summed E-state index contributed by atoms with van der Waals surface area (Å²) in [6.45, 7) is 0.646. The molecule has 0 aliphatic rings. The highest BCUT2D eigenvalue weighted by Crippen LogP contribution is 2.31.